The van der Waals surface area contributed by atoms with E-state index in [2.05, 4.69) is 15.3 Å². The molecule has 0 aromatic carbocycles. The van der Waals surface area contributed by atoms with Crippen molar-refractivity contribution >= 4 is 21.2 Å². The molecule has 6 nitrogen and oxygen atoms in total. The lowest BCUT2D eigenvalue weighted by atomic mass is 10.3. The minimum Gasteiger partial charge on any atom is -0.246 e. The van der Waals surface area contributed by atoms with Gasteiger partial charge in [0.1, 0.15) is 11.4 Å². The number of thiazole rings is 1. The number of alkyl halides is 2. The Morgan fingerprint density at radius 2 is 2.10 bits per heavy atom. The van der Waals surface area contributed by atoms with Crippen LogP contribution in [0.4, 0.5) is 8.78 Å². The second-order valence-corrected chi connectivity index (χ2v) is 7.47. The molecule has 0 spiro atoms. The van der Waals surface area contributed by atoms with E-state index in [4.69, 9.17) is 0 Å². The van der Waals surface area contributed by atoms with Gasteiger partial charge in [-0.15, -0.1) is 16.4 Å². The summed E-state index contributed by atoms with van der Waals surface area (Å²) in [5.74, 6) is -0.859. The number of hydrogen-bond acceptors (Lipinski definition) is 6. The summed E-state index contributed by atoms with van der Waals surface area (Å²) in [6, 6.07) is 0. The van der Waals surface area contributed by atoms with E-state index in [0.717, 1.165) is 16.1 Å². The zero-order valence-corrected chi connectivity index (χ0v) is 13.1. The van der Waals surface area contributed by atoms with E-state index in [0.29, 0.717) is 5.69 Å². The molecule has 0 unspecified atom stereocenters. The molecule has 2 aromatic heterocycles. The molecule has 0 saturated heterocycles. The molecule has 0 saturated carbocycles. The summed E-state index contributed by atoms with van der Waals surface area (Å²) in [7, 11) is -2.33. The molecule has 2 rings (SSSR count). The molecule has 21 heavy (non-hydrogen) atoms. The van der Waals surface area contributed by atoms with Crippen LogP contribution in [0, 0.1) is 0 Å². The highest BCUT2D eigenvalue weighted by molar-refractivity contribution is 7.89. The fraction of sp³-hybridized carbons (Fsp3) is 0.545. The molecule has 0 aliphatic carbocycles. The average Bonchev–Trinajstić information content (AvgIpc) is 2.95. The van der Waals surface area contributed by atoms with Crippen molar-refractivity contribution in [2.75, 3.05) is 0 Å². The first-order chi connectivity index (χ1) is 9.82. The van der Waals surface area contributed by atoms with Crippen molar-refractivity contribution in [1.82, 2.24) is 20.0 Å². The highest BCUT2D eigenvalue weighted by Crippen LogP contribution is 2.23. The van der Waals surface area contributed by atoms with Crippen LogP contribution in [-0.2, 0) is 34.8 Å². The van der Waals surface area contributed by atoms with Gasteiger partial charge in [0.05, 0.1) is 22.2 Å². The van der Waals surface area contributed by atoms with Gasteiger partial charge in [0, 0.05) is 12.4 Å². The number of aryl methyl sites for hydroxylation is 2. The Morgan fingerprint density at radius 1 is 1.38 bits per heavy atom. The van der Waals surface area contributed by atoms with Gasteiger partial charge in [-0.2, -0.15) is 0 Å². The highest BCUT2D eigenvalue weighted by Gasteiger charge is 2.25. The van der Waals surface area contributed by atoms with Crippen molar-refractivity contribution in [1.29, 1.82) is 0 Å². The molecule has 0 amide bonds. The third kappa shape index (κ3) is 3.82. The maximum Gasteiger partial charge on any atom is 0.281 e. The third-order valence-corrected chi connectivity index (χ3v) is 5.27. The number of hydrogen-bond donors (Lipinski definition) is 0. The first-order valence-electron chi connectivity index (χ1n) is 6.12. The maximum absolute atomic E-state index is 12.9. The molecular weight excluding hydrogens is 322 g/mol. The molecule has 116 valence electrons. The Hall–Kier alpha value is -1.42. The van der Waals surface area contributed by atoms with Crippen molar-refractivity contribution in [3.63, 3.8) is 0 Å². The van der Waals surface area contributed by atoms with E-state index < -0.39 is 27.7 Å². The monoisotopic (exact) mass is 336 g/mol. The molecule has 0 radical (unpaired) electrons. The van der Waals surface area contributed by atoms with E-state index in [1.54, 1.807) is 5.38 Å². The van der Waals surface area contributed by atoms with Crippen molar-refractivity contribution in [3.8, 4) is 0 Å². The van der Waals surface area contributed by atoms with Crippen LogP contribution in [0.3, 0.4) is 0 Å². The Balaban J connectivity index is 2.18. The number of sulfone groups is 1. The summed E-state index contributed by atoms with van der Waals surface area (Å²) in [6.45, 7) is 1.92. The van der Waals surface area contributed by atoms with Crippen LogP contribution in [0.2, 0.25) is 0 Å². The SMILES string of the molecule is CCc1nc(CS(=O)(=O)Cc2nnn(C)c2C(F)F)cs1. The molecule has 2 aromatic rings. The van der Waals surface area contributed by atoms with Crippen LogP contribution in [0.25, 0.3) is 0 Å². The van der Waals surface area contributed by atoms with Gasteiger partial charge in [-0.25, -0.2) is 26.9 Å². The predicted octanol–water partition coefficient (Wildman–Crippen LogP) is 1.89. The molecule has 2 heterocycles. The average molecular weight is 336 g/mol. The molecule has 0 aliphatic rings. The van der Waals surface area contributed by atoms with E-state index in [9.17, 15) is 17.2 Å². The lowest BCUT2D eigenvalue weighted by Crippen LogP contribution is -2.11. The van der Waals surface area contributed by atoms with E-state index >= 15 is 0 Å². The van der Waals surface area contributed by atoms with Crippen LogP contribution < -0.4 is 0 Å². The van der Waals surface area contributed by atoms with Crippen molar-refractivity contribution in [2.45, 2.75) is 31.3 Å². The van der Waals surface area contributed by atoms with Crippen LogP contribution in [-0.4, -0.2) is 28.4 Å². The fourth-order valence-electron chi connectivity index (χ4n) is 1.84. The Kier molecular flexibility index (Phi) is 4.67. The summed E-state index contributed by atoms with van der Waals surface area (Å²) in [5.41, 5.74) is -0.246. The summed E-state index contributed by atoms with van der Waals surface area (Å²) < 4.78 is 50.8. The van der Waals surface area contributed by atoms with Crippen LogP contribution in [0.5, 0.6) is 0 Å². The molecule has 0 aliphatic heterocycles. The Morgan fingerprint density at radius 3 is 2.67 bits per heavy atom. The van der Waals surface area contributed by atoms with Crippen molar-refractivity contribution in [2.24, 2.45) is 7.05 Å². The zero-order valence-electron chi connectivity index (χ0n) is 11.5. The normalized spacial score (nSPS) is 12.2. The third-order valence-electron chi connectivity index (χ3n) is 2.78. The number of aromatic nitrogens is 4. The maximum atomic E-state index is 12.9. The number of halogens is 2. The lowest BCUT2D eigenvalue weighted by Gasteiger charge is -2.04. The van der Waals surface area contributed by atoms with E-state index in [-0.39, 0.29) is 11.4 Å². The second kappa shape index (κ2) is 6.14. The Bertz CT molecular complexity index is 724. The van der Waals surface area contributed by atoms with Gasteiger partial charge in [-0.1, -0.05) is 12.1 Å². The van der Waals surface area contributed by atoms with E-state index in [1.807, 2.05) is 6.92 Å². The smallest absolute Gasteiger partial charge is 0.246 e. The van der Waals surface area contributed by atoms with Crippen LogP contribution in [0.1, 0.15) is 35.4 Å². The Labute approximate surface area is 124 Å². The molecule has 0 N–H and O–H groups in total. The predicted molar refractivity (Wildman–Crippen MR) is 73.8 cm³/mol. The van der Waals surface area contributed by atoms with Gasteiger partial charge in [-0.05, 0) is 6.42 Å². The summed E-state index contributed by atoms with van der Waals surface area (Å²) >= 11 is 1.38. The van der Waals surface area contributed by atoms with Gasteiger partial charge in [-0.3, -0.25) is 0 Å². The van der Waals surface area contributed by atoms with Gasteiger partial charge in [0.25, 0.3) is 6.43 Å². The van der Waals surface area contributed by atoms with Gasteiger partial charge in [0.15, 0.2) is 9.84 Å². The zero-order chi connectivity index (χ0) is 15.6. The largest absolute Gasteiger partial charge is 0.281 e. The minimum atomic E-state index is -3.63. The van der Waals surface area contributed by atoms with Gasteiger partial charge in [0.2, 0.25) is 0 Å². The summed E-state index contributed by atoms with van der Waals surface area (Å²) in [6.07, 6.45) is -2.09. The van der Waals surface area contributed by atoms with Crippen molar-refractivity contribution < 1.29 is 17.2 Å². The van der Waals surface area contributed by atoms with Gasteiger partial charge < -0.3 is 0 Å². The summed E-state index contributed by atoms with van der Waals surface area (Å²) in [5, 5.41) is 9.48. The van der Waals surface area contributed by atoms with Crippen molar-refractivity contribution in [3.05, 3.63) is 27.5 Å². The first-order valence-corrected chi connectivity index (χ1v) is 8.82. The molecule has 0 bridgehead atoms. The van der Waals surface area contributed by atoms with Crippen LogP contribution in [0.15, 0.2) is 5.38 Å². The van der Waals surface area contributed by atoms with Gasteiger partial charge >= 0.3 is 0 Å². The quantitative estimate of drug-likeness (QED) is 0.805. The second-order valence-electron chi connectivity index (χ2n) is 4.46. The standard InChI is InChI=1S/C11H14F2N4O2S2/c1-3-9-14-7(4-20-9)5-21(18,19)6-8-10(11(12)13)17(2)16-15-8/h4,11H,3,5-6H2,1-2H3. The summed E-state index contributed by atoms with van der Waals surface area (Å²) in [4.78, 5) is 4.17. The number of rotatable bonds is 6. The minimum absolute atomic E-state index is 0.210. The lowest BCUT2D eigenvalue weighted by molar-refractivity contribution is 0.140. The first kappa shape index (κ1) is 16.0. The highest BCUT2D eigenvalue weighted by atomic mass is 32.2. The molecular formula is C11H14F2N4O2S2. The number of nitrogens with zero attached hydrogens (tertiary/aromatic N) is 4. The molecule has 10 heteroatoms. The molecule has 0 atom stereocenters. The van der Waals surface area contributed by atoms with Crippen LogP contribution >= 0.6 is 11.3 Å². The van der Waals surface area contributed by atoms with E-state index in [1.165, 1.54) is 18.4 Å². The fourth-order valence-corrected chi connectivity index (χ4v) is 4.01. The topological polar surface area (TPSA) is 77.7 Å². The molecule has 0 fully saturated rings.